The van der Waals surface area contributed by atoms with Crippen molar-refractivity contribution >= 4 is 17.6 Å². The fourth-order valence-corrected chi connectivity index (χ4v) is 3.09. The fourth-order valence-electron chi connectivity index (χ4n) is 3.09. The highest BCUT2D eigenvalue weighted by atomic mass is 16.6. The molecular weight excluding hydrogens is 392 g/mol. The average molecular weight is 416 g/mol. The van der Waals surface area contributed by atoms with E-state index in [2.05, 4.69) is 27.5 Å². The Morgan fingerprint density at radius 2 is 1.84 bits per heavy atom. The minimum absolute atomic E-state index is 0.243. The number of pyridine rings is 1. The summed E-state index contributed by atoms with van der Waals surface area (Å²) in [5.74, 6) is 1.44. The molecule has 4 rings (SSSR count). The highest BCUT2D eigenvalue weighted by Crippen LogP contribution is 2.32. The van der Waals surface area contributed by atoms with Crippen LogP contribution in [0.1, 0.15) is 28.5 Å². The van der Waals surface area contributed by atoms with E-state index >= 15 is 0 Å². The van der Waals surface area contributed by atoms with Crippen LogP contribution in [0.2, 0.25) is 0 Å². The number of anilines is 1. The maximum absolute atomic E-state index is 12.8. The number of amides is 1. The van der Waals surface area contributed by atoms with Crippen molar-refractivity contribution in [3.05, 3.63) is 83.7 Å². The largest absolute Gasteiger partial charge is 0.486 e. The number of hydrogen-bond donors (Lipinski definition) is 2. The van der Waals surface area contributed by atoms with Gasteiger partial charge >= 0.3 is 0 Å². The average Bonchev–Trinajstić information content (AvgIpc) is 2.83. The number of carbonyl (C=O) groups is 1. The molecule has 0 atom stereocenters. The first-order chi connectivity index (χ1) is 15.2. The van der Waals surface area contributed by atoms with Crippen LogP contribution >= 0.6 is 0 Å². The number of nitrogens with zero attached hydrogens (tertiary/aromatic N) is 2. The monoisotopic (exact) mass is 416 g/mol. The Bertz CT molecular complexity index is 1070. The van der Waals surface area contributed by atoms with Crippen LogP contribution in [-0.2, 0) is 13.0 Å². The van der Waals surface area contributed by atoms with Gasteiger partial charge in [-0.25, -0.2) is 4.99 Å². The third-order valence-electron chi connectivity index (χ3n) is 4.79. The Labute approximate surface area is 181 Å². The molecule has 0 fully saturated rings. The zero-order valence-corrected chi connectivity index (χ0v) is 17.3. The van der Waals surface area contributed by atoms with Gasteiger partial charge in [0.1, 0.15) is 13.2 Å². The van der Waals surface area contributed by atoms with E-state index < -0.39 is 0 Å². The molecule has 2 aromatic carbocycles. The van der Waals surface area contributed by atoms with Crippen molar-refractivity contribution in [1.82, 2.24) is 10.3 Å². The van der Waals surface area contributed by atoms with E-state index in [9.17, 15) is 4.79 Å². The summed E-state index contributed by atoms with van der Waals surface area (Å²) in [5.41, 5.74) is 3.26. The molecule has 0 bridgehead atoms. The van der Waals surface area contributed by atoms with E-state index in [1.54, 1.807) is 6.20 Å². The van der Waals surface area contributed by atoms with Crippen LogP contribution in [0.4, 0.5) is 5.69 Å². The number of aryl methyl sites for hydroxylation is 1. The Balaban J connectivity index is 1.54. The molecule has 2 heterocycles. The van der Waals surface area contributed by atoms with Gasteiger partial charge in [-0.1, -0.05) is 25.1 Å². The number of nitrogens with one attached hydrogen (secondary N) is 2. The second-order valence-corrected chi connectivity index (χ2v) is 6.97. The van der Waals surface area contributed by atoms with E-state index in [0.29, 0.717) is 42.8 Å². The number of carbonyl (C=O) groups excluding carboxylic acids is 1. The number of benzene rings is 2. The second-order valence-electron chi connectivity index (χ2n) is 6.97. The molecule has 0 unspecified atom stereocenters. The van der Waals surface area contributed by atoms with Crippen LogP contribution in [0.3, 0.4) is 0 Å². The molecule has 1 amide bonds. The van der Waals surface area contributed by atoms with Crippen molar-refractivity contribution in [2.75, 3.05) is 18.5 Å². The van der Waals surface area contributed by atoms with Crippen molar-refractivity contribution in [2.45, 2.75) is 19.9 Å². The normalized spacial score (nSPS) is 12.9. The summed E-state index contributed by atoms with van der Waals surface area (Å²) in [6.45, 7) is 3.43. The van der Waals surface area contributed by atoms with E-state index in [0.717, 1.165) is 17.8 Å². The van der Waals surface area contributed by atoms with Crippen molar-refractivity contribution in [2.24, 2.45) is 4.99 Å². The molecule has 31 heavy (non-hydrogen) atoms. The lowest BCUT2D eigenvalue weighted by atomic mass is 10.1. The lowest BCUT2D eigenvalue weighted by molar-refractivity contribution is 0.0977. The van der Waals surface area contributed by atoms with Crippen molar-refractivity contribution < 1.29 is 14.3 Å². The molecule has 0 radical (unpaired) electrons. The predicted molar refractivity (Wildman–Crippen MR) is 120 cm³/mol. The summed E-state index contributed by atoms with van der Waals surface area (Å²) in [6, 6.07) is 18.7. The zero-order chi connectivity index (χ0) is 21.5. The van der Waals surface area contributed by atoms with Crippen molar-refractivity contribution in [1.29, 1.82) is 0 Å². The number of aromatic nitrogens is 1. The SMILES string of the molecule is CCc1ccc(C(=O)NC(=NCc2ccccn2)Nc2ccc3c(c2)OCCO3)cc1. The quantitative estimate of drug-likeness (QED) is 0.488. The first kappa shape index (κ1) is 20.4. The molecule has 0 spiro atoms. The van der Waals surface area contributed by atoms with Gasteiger partial charge in [0.25, 0.3) is 5.91 Å². The molecule has 3 aromatic rings. The standard InChI is InChI=1S/C24H24N4O3/c1-2-17-6-8-18(9-7-17)23(29)28-24(26-16-20-5-3-4-12-25-20)27-19-10-11-21-22(15-19)31-14-13-30-21/h3-12,15H,2,13-14,16H2,1H3,(H2,26,27,28,29). The minimum Gasteiger partial charge on any atom is -0.486 e. The molecule has 2 N–H and O–H groups in total. The number of fused-ring (bicyclic) bond motifs is 1. The van der Waals surface area contributed by atoms with Gasteiger partial charge in [0.15, 0.2) is 11.5 Å². The first-order valence-electron chi connectivity index (χ1n) is 10.2. The predicted octanol–water partition coefficient (Wildman–Crippen LogP) is 3.81. The lowest BCUT2D eigenvalue weighted by Crippen LogP contribution is -2.36. The Morgan fingerprint density at radius 3 is 2.58 bits per heavy atom. The van der Waals surface area contributed by atoms with E-state index in [4.69, 9.17) is 9.47 Å². The van der Waals surface area contributed by atoms with Crippen LogP contribution in [0.15, 0.2) is 71.9 Å². The van der Waals surface area contributed by atoms with E-state index in [1.165, 1.54) is 5.56 Å². The third kappa shape index (κ3) is 5.39. The summed E-state index contributed by atoms with van der Waals surface area (Å²) in [6.07, 6.45) is 2.64. The molecule has 1 aromatic heterocycles. The summed E-state index contributed by atoms with van der Waals surface area (Å²) in [7, 11) is 0. The van der Waals surface area contributed by atoms with Gasteiger partial charge in [-0.2, -0.15) is 0 Å². The Morgan fingerprint density at radius 1 is 1.03 bits per heavy atom. The minimum atomic E-state index is -0.243. The highest BCUT2D eigenvalue weighted by Gasteiger charge is 2.14. The molecule has 1 aliphatic heterocycles. The van der Waals surface area contributed by atoms with Gasteiger partial charge in [0.2, 0.25) is 5.96 Å². The second kappa shape index (κ2) is 9.75. The molecule has 0 saturated heterocycles. The molecule has 7 heteroatoms. The molecule has 0 aliphatic carbocycles. The number of rotatable bonds is 5. The topological polar surface area (TPSA) is 84.8 Å². The molecule has 158 valence electrons. The van der Waals surface area contributed by atoms with Crippen LogP contribution in [-0.4, -0.2) is 30.1 Å². The molecule has 7 nitrogen and oxygen atoms in total. The van der Waals surface area contributed by atoms with Crippen LogP contribution in [0.25, 0.3) is 0 Å². The van der Waals surface area contributed by atoms with Gasteiger partial charge in [-0.3, -0.25) is 15.1 Å². The highest BCUT2D eigenvalue weighted by molar-refractivity contribution is 6.10. The number of guanidine groups is 1. The zero-order valence-electron chi connectivity index (χ0n) is 17.3. The number of aliphatic imine (C=N–C) groups is 1. The van der Waals surface area contributed by atoms with Crippen molar-refractivity contribution in [3.8, 4) is 11.5 Å². The Hall–Kier alpha value is -3.87. The maximum atomic E-state index is 12.8. The first-order valence-corrected chi connectivity index (χ1v) is 10.2. The third-order valence-corrected chi connectivity index (χ3v) is 4.79. The van der Waals surface area contributed by atoms with Gasteiger partial charge in [0, 0.05) is 23.5 Å². The summed E-state index contributed by atoms with van der Waals surface area (Å²) in [5, 5.41) is 6.05. The van der Waals surface area contributed by atoms with E-state index in [1.807, 2.05) is 60.7 Å². The molecule has 0 saturated carbocycles. The molecule has 1 aliphatic rings. The van der Waals surface area contributed by atoms with Crippen molar-refractivity contribution in [3.63, 3.8) is 0 Å². The van der Waals surface area contributed by atoms with Gasteiger partial charge in [-0.05, 0) is 48.4 Å². The van der Waals surface area contributed by atoms with Gasteiger partial charge < -0.3 is 14.8 Å². The lowest BCUT2D eigenvalue weighted by Gasteiger charge is -2.19. The molecular formula is C24H24N4O3. The van der Waals surface area contributed by atoms with Crippen LogP contribution < -0.4 is 20.1 Å². The fraction of sp³-hybridized carbons (Fsp3) is 0.208. The smallest absolute Gasteiger partial charge is 0.257 e. The number of hydrogen-bond acceptors (Lipinski definition) is 5. The van der Waals surface area contributed by atoms with Crippen LogP contribution in [0, 0.1) is 0 Å². The Kier molecular flexibility index (Phi) is 6.42. The number of ether oxygens (including phenoxy) is 2. The van der Waals surface area contributed by atoms with Gasteiger partial charge in [0.05, 0.1) is 12.2 Å². The maximum Gasteiger partial charge on any atom is 0.257 e. The van der Waals surface area contributed by atoms with Crippen LogP contribution in [0.5, 0.6) is 11.5 Å². The summed E-state index contributed by atoms with van der Waals surface area (Å²) < 4.78 is 11.2. The summed E-state index contributed by atoms with van der Waals surface area (Å²) in [4.78, 5) is 21.6. The van der Waals surface area contributed by atoms with Gasteiger partial charge in [-0.15, -0.1) is 0 Å². The summed E-state index contributed by atoms with van der Waals surface area (Å²) >= 11 is 0. The van der Waals surface area contributed by atoms with E-state index in [-0.39, 0.29) is 5.91 Å².